The van der Waals surface area contributed by atoms with Crippen LogP contribution in [-0.2, 0) is 14.3 Å². The fourth-order valence-corrected chi connectivity index (χ4v) is 1.08. The lowest BCUT2D eigenvalue weighted by Crippen LogP contribution is -2.15. The van der Waals surface area contributed by atoms with Crippen LogP contribution in [0.3, 0.4) is 0 Å². The summed E-state index contributed by atoms with van der Waals surface area (Å²) in [5, 5.41) is 0. The zero-order valence-electron chi connectivity index (χ0n) is 7.24. The molecule has 0 aromatic heterocycles. The van der Waals surface area contributed by atoms with E-state index in [9.17, 15) is 4.79 Å². The molecule has 12 heavy (non-hydrogen) atoms. The largest absolute Gasteiger partial charge is 0.497 e. The lowest BCUT2D eigenvalue weighted by atomic mass is 10.0. The standard InChI is InChI=1S/C9H12O3/c1-11-8-5-3-7(4-6-8)9(10)12-2/h3,5-7H,4H2,1-2H3. The number of carbonyl (C=O) groups excluding carboxylic acids is 1. The molecule has 0 saturated heterocycles. The number of hydrogen-bond donors (Lipinski definition) is 0. The lowest BCUT2D eigenvalue weighted by Gasteiger charge is -2.12. The molecule has 0 fully saturated rings. The molecule has 0 saturated carbocycles. The third kappa shape index (κ3) is 1.87. The molecule has 0 bridgehead atoms. The Balaban J connectivity index is 2.53. The van der Waals surface area contributed by atoms with E-state index < -0.39 is 0 Å². The Morgan fingerprint density at radius 3 is 2.75 bits per heavy atom. The molecular formula is C9H12O3. The first-order chi connectivity index (χ1) is 5.77. The molecule has 1 rings (SSSR count). The van der Waals surface area contributed by atoms with Gasteiger partial charge in [-0.25, -0.2) is 0 Å². The molecule has 66 valence electrons. The summed E-state index contributed by atoms with van der Waals surface area (Å²) in [5.74, 6) is 0.460. The van der Waals surface area contributed by atoms with Gasteiger partial charge in [-0.2, -0.15) is 0 Å². The molecule has 0 spiro atoms. The Kier molecular flexibility index (Phi) is 2.91. The van der Waals surface area contributed by atoms with Crippen molar-refractivity contribution in [3.63, 3.8) is 0 Å². The highest BCUT2D eigenvalue weighted by atomic mass is 16.5. The van der Waals surface area contributed by atoms with Crippen molar-refractivity contribution in [3.05, 3.63) is 24.0 Å². The summed E-state index contributed by atoms with van der Waals surface area (Å²) in [5.41, 5.74) is 0. The van der Waals surface area contributed by atoms with Crippen molar-refractivity contribution >= 4 is 5.97 Å². The molecule has 0 aliphatic heterocycles. The summed E-state index contributed by atoms with van der Waals surface area (Å²) >= 11 is 0. The number of carbonyl (C=O) groups is 1. The van der Waals surface area contributed by atoms with Crippen LogP contribution in [-0.4, -0.2) is 20.2 Å². The predicted molar refractivity (Wildman–Crippen MR) is 44.4 cm³/mol. The highest BCUT2D eigenvalue weighted by Gasteiger charge is 2.17. The van der Waals surface area contributed by atoms with Crippen molar-refractivity contribution in [3.8, 4) is 0 Å². The Labute approximate surface area is 71.7 Å². The van der Waals surface area contributed by atoms with Gasteiger partial charge in [0.1, 0.15) is 5.76 Å². The van der Waals surface area contributed by atoms with E-state index in [1.54, 1.807) is 19.3 Å². The number of methoxy groups -OCH3 is 2. The Hall–Kier alpha value is -1.25. The van der Waals surface area contributed by atoms with Crippen molar-refractivity contribution in [1.82, 2.24) is 0 Å². The molecule has 0 radical (unpaired) electrons. The lowest BCUT2D eigenvalue weighted by molar-refractivity contribution is -0.143. The van der Waals surface area contributed by atoms with Crippen LogP contribution < -0.4 is 0 Å². The number of hydrogen-bond acceptors (Lipinski definition) is 3. The Bertz CT molecular complexity index is 228. The summed E-state index contributed by atoms with van der Waals surface area (Å²) in [4.78, 5) is 11.0. The van der Waals surface area contributed by atoms with E-state index in [-0.39, 0.29) is 11.9 Å². The van der Waals surface area contributed by atoms with Gasteiger partial charge in [-0.3, -0.25) is 4.79 Å². The fraction of sp³-hybridized carbons (Fsp3) is 0.444. The molecule has 1 aliphatic carbocycles. The maximum absolute atomic E-state index is 11.0. The fourth-order valence-electron chi connectivity index (χ4n) is 1.08. The average molecular weight is 168 g/mol. The third-order valence-corrected chi connectivity index (χ3v) is 1.81. The first kappa shape index (κ1) is 8.84. The average Bonchev–Trinajstić information content (AvgIpc) is 2.17. The Morgan fingerprint density at radius 2 is 2.33 bits per heavy atom. The summed E-state index contributed by atoms with van der Waals surface area (Å²) < 4.78 is 9.57. The highest BCUT2D eigenvalue weighted by Crippen LogP contribution is 2.17. The SMILES string of the molecule is COC(=O)C1C=CC(OC)=CC1. The second-order valence-corrected chi connectivity index (χ2v) is 2.54. The second kappa shape index (κ2) is 3.95. The quantitative estimate of drug-likeness (QED) is 0.582. The van der Waals surface area contributed by atoms with Crippen LogP contribution in [0.2, 0.25) is 0 Å². The predicted octanol–water partition coefficient (Wildman–Crippen LogP) is 1.27. The number of ether oxygens (including phenoxy) is 2. The van der Waals surface area contributed by atoms with E-state index >= 15 is 0 Å². The van der Waals surface area contributed by atoms with Gasteiger partial charge in [0.25, 0.3) is 0 Å². The van der Waals surface area contributed by atoms with Crippen molar-refractivity contribution in [2.75, 3.05) is 14.2 Å². The molecule has 0 heterocycles. The smallest absolute Gasteiger partial charge is 0.312 e. The van der Waals surface area contributed by atoms with E-state index in [1.165, 1.54) is 7.11 Å². The van der Waals surface area contributed by atoms with E-state index in [0.29, 0.717) is 6.42 Å². The van der Waals surface area contributed by atoms with Gasteiger partial charge in [-0.15, -0.1) is 0 Å². The van der Waals surface area contributed by atoms with Gasteiger partial charge in [0, 0.05) is 0 Å². The van der Waals surface area contributed by atoms with Crippen molar-refractivity contribution < 1.29 is 14.3 Å². The number of rotatable bonds is 2. The maximum Gasteiger partial charge on any atom is 0.312 e. The minimum atomic E-state index is -0.197. The van der Waals surface area contributed by atoms with E-state index in [4.69, 9.17) is 4.74 Å². The summed E-state index contributed by atoms with van der Waals surface area (Å²) in [7, 11) is 3.00. The van der Waals surface area contributed by atoms with Crippen molar-refractivity contribution in [2.45, 2.75) is 6.42 Å². The first-order valence-corrected chi connectivity index (χ1v) is 3.78. The van der Waals surface area contributed by atoms with Crippen LogP contribution in [0, 0.1) is 5.92 Å². The van der Waals surface area contributed by atoms with Crippen LogP contribution in [0.5, 0.6) is 0 Å². The minimum Gasteiger partial charge on any atom is -0.497 e. The van der Waals surface area contributed by atoms with Gasteiger partial charge < -0.3 is 9.47 Å². The monoisotopic (exact) mass is 168 g/mol. The molecule has 0 aromatic carbocycles. The van der Waals surface area contributed by atoms with Gasteiger partial charge in [0.2, 0.25) is 0 Å². The van der Waals surface area contributed by atoms with E-state index in [0.717, 1.165) is 5.76 Å². The molecule has 0 amide bonds. The Morgan fingerprint density at radius 1 is 1.58 bits per heavy atom. The summed E-state index contributed by atoms with van der Waals surface area (Å²) in [6, 6.07) is 0. The summed E-state index contributed by atoms with van der Waals surface area (Å²) in [6.07, 6.45) is 6.11. The highest BCUT2D eigenvalue weighted by molar-refractivity contribution is 5.75. The third-order valence-electron chi connectivity index (χ3n) is 1.81. The van der Waals surface area contributed by atoms with Crippen LogP contribution in [0.25, 0.3) is 0 Å². The van der Waals surface area contributed by atoms with E-state index in [1.807, 2.05) is 6.08 Å². The summed E-state index contributed by atoms with van der Waals surface area (Å²) in [6.45, 7) is 0. The molecule has 0 N–H and O–H groups in total. The first-order valence-electron chi connectivity index (χ1n) is 3.78. The molecule has 3 nitrogen and oxygen atoms in total. The minimum absolute atomic E-state index is 0.145. The maximum atomic E-state index is 11.0. The zero-order valence-corrected chi connectivity index (χ0v) is 7.24. The topological polar surface area (TPSA) is 35.5 Å². The molecule has 0 aromatic rings. The number of esters is 1. The van der Waals surface area contributed by atoms with Crippen molar-refractivity contribution in [2.24, 2.45) is 5.92 Å². The van der Waals surface area contributed by atoms with Gasteiger partial charge in [0.15, 0.2) is 0 Å². The molecular weight excluding hydrogens is 156 g/mol. The van der Waals surface area contributed by atoms with E-state index in [2.05, 4.69) is 4.74 Å². The van der Waals surface area contributed by atoms with Crippen LogP contribution in [0.1, 0.15) is 6.42 Å². The van der Waals surface area contributed by atoms with Gasteiger partial charge >= 0.3 is 5.97 Å². The van der Waals surface area contributed by atoms with Crippen molar-refractivity contribution in [1.29, 1.82) is 0 Å². The zero-order chi connectivity index (χ0) is 8.97. The molecule has 3 heteroatoms. The number of allylic oxidation sites excluding steroid dienone is 2. The molecule has 1 unspecified atom stereocenters. The van der Waals surface area contributed by atoms with Gasteiger partial charge in [-0.1, -0.05) is 6.08 Å². The van der Waals surface area contributed by atoms with Crippen LogP contribution >= 0.6 is 0 Å². The molecule has 1 aliphatic rings. The van der Waals surface area contributed by atoms with Crippen LogP contribution in [0.4, 0.5) is 0 Å². The van der Waals surface area contributed by atoms with Gasteiger partial charge in [-0.05, 0) is 18.6 Å². The second-order valence-electron chi connectivity index (χ2n) is 2.54. The van der Waals surface area contributed by atoms with Gasteiger partial charge in [0.05, 0.1) is 20.1 Å². The van der Waals surface area contributed by atoms with Crippen LogP contribution in [0.15, 0.2) is 24.0 Å². The molecule has 1 atom stereocenters. The normalized spacial score (nSPS) is 21.5.